The first kappa shape index (κ1) is 14.0. The van der Waals surface area contributed by atoms with E-state index in [1.165, 1.54) is 0 Å². The molecule has 0 aromatic heterocycles. The van der Waals surface area contributed by atoms with Gasteiger partial charge in [-0.2, -0.15) is 0 Å². The third-order valence-corrected chi connectivity index (χ3v) is 3.02. The molecule has 1 rings (SSSR count). The van der Waals surface area contributed by atoms with Gasteiger partial charge in [0, 0.05) is 6.42 Å². The summed E-state index contributed by atoms with van der Waals surface area (Å²) in [4.78, 5) is 11.4. The van der Waals surface area contributed by atoms with Crippen LogP contribution in [0.3, 0.4) is 0 Å². The average Bonchev–Trinajstić information content (AvgIpc) is 2.65. The van der Waals surface area contributed by atoms with E-state index in [0.717, 1.165) is 19.3 Å². The van der Waals surface area contributed by atoms with Gasteiger partial charge in [0.05, 0.1) is 18.1 Å². The van der Waals surface area contributed by atoms with Gasteiger partial charge in [-0.05, 0) is 12.3 Å². The molecule has 0 radical (unpaired) electrons. The van der Waals surface area contributed by atoms with Crippen molar-refractivity contribution in [3.8, 4) is 0 Å². The fourth-order valence-electron chi connectivity index (χ4n) is 1.98. The highest BCUT2D eigenvalue weighted by atomic mass is 16.5. The van der Waals surface area contributed by atoms with E-state index in [1.54, 1.807) is 0 Å². The Morgan fingerprint density at radius 1 is 1.47 bits per heavy atom. The van der Waals surface area contributed by atoms with E-state index in [9.17, 15) is 9.90 Å². The van der Waals surface area contributed by atoms with Crippen LogP contribution in [0, 0.1) is 11.8 Å². The minimum Gasteiger partial charge on any atom is -0.512 e. The third kappa shape index (κ3) is 4.04. The van der Waals surface area contributed by atoms with E-state index in [4.69, 9.17) is 9.84 Å². The fraction of sp³-hybridized carbons (Fsp3) is 0.769. The van der Waals surface area contributed by atoms with Gasteiger partial charge in [-0.1, -0.05) is 26.7 Å². The Bertz CT molecular complexity index is 294. The molecule has 1 saturated heterocycles. The van der Waals surface area contributed by atoms with Gasteiger partial charge in [0.1, 0.15) is 12.4 Å². The van der Waals surface area contributed by atoms with E-state index >= 15 is 0 Å². The molecule has 1 fully saturated rings. The Hall–Kier alpha value is -1.03. The molecular weight excluding hydrogens is 220 g/mol. The summed E-state index contributed by atoms with van der Waals surface area (Å²) in [6, 6.07) is 0. The number of aliphatic hydroxyl groups excluding tert-OH is 2. The van der Waals surface area contributed by atoms with Crippen LogP contribution in [0.15, 0.2) is 11.3 Å². The van der Waals surface area contributed by atoms with Crippen LogP contribution in [0.25, 0.3) is 0 Å². The van der Waals surface area contributed by atoms with Crippen molar-refractivity contribution in [2.45, 2.75) is 39.5 Å². The second kappa shape index (κ2) is 6.64. The van der Waals surface area contributed by atoms with Crippen LogP contribution in [-0.2, 0) is 9.53 Å². The maximum absolute atomic E-state index is 11.4. The topological polar surface area (TPSA) is 66.8 Å². The molecule has 0 saturated carbocycles. The molecule has 0 aliphatic carbocycles. The van der Waals surface area contributed by atoms with Crippen molar-refractivity contribution in [1.29, 1.82) is 0 Å². The zero-order valence-corrected chi connectivity index (χ0v) is 10.6. The van der Waals surface area contributed by atoms with Gasteiger partial charge in [0.15, 0.2) is 0 Å². The lowest BCUT2D eigenvalue weighted by atomic mass is 9.98. The number of hydrogen-bond donors (Lipinski definition) is 2. The summed E-state index contributed by atoms with van der Waals surface area (Å²) in [5, 5.41) is 18.9. The number of ether oxygens (including phenoxy) is 1. The van der Waals surface area contributed by atoms with Crippen LogP contribution >= 0.6 is 0 Å². The van der Waals surface area contributed by atoms with Crippen molar-refractivity contribution in [2.24, 2.45) is 11.8 Å². The smallest absolute Gasteiger partial charge is 0.337 e. The van der Waals surface area contributed by atoms with E-state index in [-0.39, 0.29) is 30.5 Å². The second-order valence-electron chi connectivity index (χ2n) is 4.98. The molecule has 0 spiro atoms. The molecule has 0 bridgehead atoms. The zero-order chi connectivity index (χ0) is 12.8. The maximum Gasteiger partial charge on any atom is 0.337 e. The number of carbonyl (C=O) groups is 1. The van der Waals surface area contributed by atoms with E-state index in [1.807, 2.05) is 0 Å². The van der Waals surface area contributed by atoms with Crippen LogP contribution in [0.5, 0.6) is 0 Å². The summed E-state index contributed by atoms with van der Waals surface area (Å²) in [5.41, 5.74) is 0.275. The van der Waals surface area contributed by atoms with Crippen molar-refractivity contribution >= 4 is 5.97 Å². The third-order valence-electron chi connectivity index (χ3n) is 3.02. The van der Waals surface area contributed by atoms with Crippen LogP contribution in [0.2, 0.25) is 0 Å². The maximum atomic E-state index is 11.4. The van der Waals surface area contributed by atoms with Crippen molar-refractivity contribution in [1.82, 2.24) is 0 Å². The van der Waals surface area contributed by atoms with E-state index in [0.29, 0.717) is 12.3 Å². The lowest BCUT2D eigenvalue weighted by molar-refractivity contribution is -0.135. The molecule has 1 heterocycles. The standard InChI is InChI=1S/C13H22O4/c1-9(2)5-3-4-6-11(15)12-10(7-14)8-17-13(12)16/h9-10,14-15H,3-8H2,1-2H3/b12-11+/t10-/m0/s1. The van der Waals surface area contributed by atoms with Crippen LogP contribution in [0.4, 0.5) is 0 Å². The van der Waals surface area contributed by atoms with Crippen molar-refractivity contribution in [3.63, 3.8) is 0 Å². The SMILES string of the molecule is CC(C)CCCC/C(O)=C1\C(=O)OC[C@@H]1CO. The number of aliphatic hydroxyl groups is 2. The summed E-state index contributed by atoms with van der Waals surface area (Å²) in [6.07, 6.45) is 3.51. The normalized spacial score (nSPS) is 23.1. The number of rotatable bonds is 6. The first-order chi connectivity index (χ1) is 8.06. The molecule has 0 aromatic rings. The zero-order valence-electron chi connectivity index (χ0n) is 10.6. The van der Waals surface area contributed by atoms with Gasteiger partial charge in [-0.15, -0.1) is 0 Å². The van der Waals surface area contributed by atoms with Gasteiger partial charge < -0.3 is 14.9 Å². The molecule has 17 heavy (non-hydrogen) atoms. The molecule has 0 amide bonds. The van der Waals surface area contributed by atoms with E-state index < -0.39 is 5.97 Å². The van der Waals surface area contributed by atoms with Gasteiger partial charge in [-0.25, -0.2) is 4.79 Å². The molecular formula is C13H22O4. The predicted octanol–water partition coefficient (Wildman–Crippen LogP) is 2.18. The summed E-state index contributed by atoms with van der Waals surface area (Å²) < 4.78 is 4.82. The molecule has 0 aromatic carbocycles. The Morgan fingerprint density at radius 3 is 2.76 bits per heavy atom. The minimum atomic E-state index is -0.481. The highest BCUT2D eigenvalue weighted by molar-refractivity contribution is 5.91. The molecule has 4 heteroatoms. The lowest BCUT2D eigenvalue weighted by Gasteiger charge is -2.08. The number of carbonyl (C=O) groups excluding carboxylic acids is 1. The first-order valence-corrected chi connectivity index (χ1v) is 6.26. The Labute approximate surface area is 102 Å². The molecule has 2 N–H and O–H groups in total. The molecule has 4 nitrogen and oxygen atoms in total. The number of esters is 1. The van der Waals surface area contributed by atoms with Crippen molar-refractivity contribution in [3.05, 3.63) is 11.3 Å². The quantitative estimate of drug-likeness (QED) is 0.324. The van der Waals surface area contributed by atoms with E-state index in [2.05, 4.69) is 13.8 Å². The molecule has 1 aliphatic rings. The highest BCUT2D eigenvalue weighted by Gasteiger charge is 2.33. The Morgan fingerprint density at radius 2 is 2.18 bits per heavy atom. The summed E-state index contributed by atoms with van der Waals surface area (Å²) in [5.74, 6) is -0.0836. The molecule has 1 atom stereocenters. The number of allylic oxidation sites excluding steroid dienone is 1. The van der Waals surface area contributed by atoms with Gasteiger partial charge in [0.2, 0.25) is 0 Å². The number of unbranched alkanes of at least 4 members (excludes halogenated alkanes) is 1. The van der Waals surface area contributed by atoms with Crippen molar-refractivity contribution in [2.75, 3.05) is 13.2 Å². The van der Waals surface area contributed by atoms with Gasteiger partial charge in [-0.3, -0.25) is 0 Å². The second-order valence-corrected chi connectivity index (χ2v) is 4.98. The summed E-state index contributed by atoms with van der Waals surface area (Å²) in [6.45, 7) is 4.35. The lowest BCUT2D eigenvalue weighted by Crippen LogP contribution is -2.11. The number of cyclic esters (lactones) is 1. The summed E-state index contributed by atoms with van der Waals surface area (Å²) >= 11 is 0. The van der Waals surface area contributed by atoms with Gasteiger partial charge >= 0.3 is 5.97 Å². The molecule has 98 valence electrons. The molecule has 0 unspecified atom stereocenters. The highest BCUT2D eigenvalue weighted by Crippen LogP contribution is 2.25. The predicted molar refractivity (Wildman–Crippen MR) is 64.5 cm³/mol. The fourth-order valence-corrected chi connectivity index (χ4v) is 1.98. The van der Waals surface area contributed by atoms with Crippen LogP contribution in [0.1, 0.15) is 39.5 Å². The van der Waals surface area contributed by atoms with Crippen LogP contribution < -0.4 is 0 Å². The Balaban J connectivity index is 2.48. The Kier molecular flexibility index (Phi) is 5.48. The average molecular weight is 242 g/mol. The summed E-state index contributed by atoms with van der Waals surface area (Å²) in [7, 11) is 0. The van der Waals surface area contributed by atoms with Crippen LogP contribution in [-0.4, -0.2) is 29.4 Å². The number of hydrogen-bond acceptors (Lipinski definition) is 4. The largest absolute Gasteiger partial charge is 0.512 e. The van der Waals surface area contributed by atoms with Gasteiger partial charge in [0.25, 0.3) is 0 Å². The van der Waals surface area contributed by atoms with Crippen molar-refractivity contribution < 1.29 is 19.7 Å². The monoisotopic (exact) mass is 242 g/mol. The molecule has 1 aliphatic heterocycles. The first-order valence-electron chi connectivity index (χ1n) is 6.26. The minimum absolute atomic E-state index is 0.0929.